The molecule has 0 aromatic heterocycles. The summed E-state index contributed by atoms with van der Waals surface area (Å²) >= 11 is 5.92. The number of hydrogen-bond acceptors (Lipinski definition) is 5. The number of aryl methyl sites for hydroxylation is 1. The number of esters is 1. The number of imide groups is 1. The van der Waals surface area contributed by atoms with Crippen molar-refractivity contribution in [3.8, 4) is 0 Å². The summed E-state index contributed by atoms with van der Waals surface area (Å²) in [7, 11) is 0. The summed E-state index contributed by atoms with van der Waals surface area (Å²) in [6.07, 6.45) is 0.614. The van der Waals surface area contributed by atoms with Crippen LogP contribution >= 0.6 is 11.6 Å². The molecule has 1 saturated carbocycles. The molecule has 1 aromatic carbocycles. The summed E-state index contributed by atoms with van der Waals surface area (Å²) < 4.78 is 5.10. The molecule has 9 heteroatoms. The van der Waals surface area contributed by atoms with Gasteiger partial charge in [-0.1, -0.05) is 17.7 Å². The Morgan fingerprint density at radius 3 is 2.71 bits per heavy atom. The van der Waals surface area contributed by atoms with E-state index in [9.17, 15) is 19.2 Å². The SMILES string of the molecule is Cc1ccc(Cl)cc1NC(=O)[C@@H](C)OC(=O)CN1C(=O)N[C@@](C)(C2CC2)C1=O. The fraction of sp³-hybridized carbons (Fsp3) is 0.474. The van der Waals surface area contributed by atoms with Crippen molar-refractivity contribution >= 4 is 41.1 Å². The van der Waals surface area contributed by atoms with Crippen LogP contribution in [0.15, 0.2) is 18.2 Å². The number of rotatable bonds is 6. The number of anilines is 1. The number of ether oxygens (including phenoxy) is 1. The molecule has 2 fully saturated rings. The second-order valence-corrected chi connectivity index (χ2v) is 7.82. The third kappa shape index (κ3) is 3.96. The maximum Gasteiger partial charge on any atom is 0.327 e. The van der Waals surface area contributed by atoms with E-state index in [-0.39, 0.29) is 5.92 Å². The predicted molar refractivity (Wildman–Crippen MR) is 102 cm³/mol. The molecule has 8 nitrogen and oxygen atoms in total. The standard InChI is InChI=1S/C19H22ClN3O5/c1-10-4-7-13(20)8-14(10)21-16(25)11(2)28-15(24)9-23-17(26)19(3,12-5-6-12)22-18(23)27/h4,7-8,11-12H,5-6,9H2,1-3H3,(H,21,25)(H,22,27)/t11-,19+/m1/s1. The minimum atomic E-state index is -1.11. The Bertz CT molecular complexity index is 854. The second-order valence-electron chi connectivity index (χ2n) is 7.38. The molecule has 0 radical (unpaired) electrons. The molecule has 2 aliphatic rings. The zero-order valence-corrected chi connectivity index (χ0v) is 16.6. The zero-order valence-electron chi connectivity index (χ0n) is 15.9. The average molecular weight is 408 g/mol. The van der Waals surface area contributed by atoms with Crippen LogP contribution in [0.3, 0.4) is 0 Å². The number of carbonyl (C=O) groups is 4. The Kier molecular flexibility index (Phi) is 5.34. The molecule has 1 saturated heterocycles. The van der Waals surface area contributed by atoms with Crippen molar-refractivity contribution in [2.45, 2.75) is 45.3 Å². The number of amides is 4. The average Bonchev–Trinajstić information content (AvgIpc) is 3.44. The highest BCUT2D eigenvalue weighted by Gasteiger charge is 2.56. The number of hydrogen-bond donors (Lipinski definition) is 2. The number of nitrogens with one attached hydrogen (secondary N) is 2. The number of carbonyl (C=O) groups excluding carboxylic acids is 4. The molecule has 28 heavy (non-hydrogen) atoms. The lowest BCUT2D eigenvalue weighted by molar-refractivity contribution is -0.155. The van der Waals surface area contributed by atoms with Crippen molar-refractivity contribution in [2.24, 2.45) is 5.92 Å². The van der Waals surface area contributed by atoms with Gasteiger partial charge in [0.25, 0.3) is 11.8 Å². The van der Waals surface area contributed by atoms with Gasteiger partial charge in [-0.3, -0.25) is 19.3 Å². The Hall–Kier alpha value is -2.61. The lowest BCUT2D eigenvalue weighted by Crippen LogP contribution is -2.46. The molecule has 1 aliphatic carbocycles. The number of benzene rings is 1. The van der Waals surface area contributed by atoms with E-state index >= 15 is 0 Å². The van der Waals surface area contributed by atoms with Crippen molar-refractivity contribution < 1.29 is 23.9 Å². The van der Waals surface area contributed by atoms with Crippen LogP contribution < -0.4 is 10.6 Å². The maximum absolute atomic E-state index is 12.5. The van der Waals surface area contributed by atoms with E-state index in [1.807, 2.05) is 0 Å². The fourth-order valence-electron chi connectivity index (χ4n) is 3.18. The van der Waals surface area contributed by atoms with E-state index in [1.165, 1.54) is 6.92 Å². The molecule has 1 aliphatic heterocycles. The van der Waals surface area contributed by atoms with E-state index in [2.05, 4.69) is 10.6 Å². The largest absolute Gasteiger partial charge is 0.451 e. The van der Waals surface area contributed by atoms with Crippen LogP contribution in [0, 0.1) is 12.8 Å². The van der Waals surface area contributed by atoms with E-state index < -0.39 is 42.0 Å². The Balaban J connectivity index is 1.57. The van der Waals surface area contributed by atoms with E-state index in [1.54, 1.807) is 32.0 Å². The molecule has 0 spiro atoms. The van der Waals surface area contributed by atoms with Crippen molar-refractivity contribution in [1.82, 2.24) is 10.2 Å². The highest BCUT2D eigenvalue weighted by molar-refractivity contribution is 6.31. The maximum atomic E-state index is 12.5. The highest BCUT2D eigenvalue weighted by atomic mass is 35.5. The van der Waals surface area contributed by atoms with Crippen LogP contribution in [0.2, 0.25) is 5.02 Å². The smallest absolute Gasteiger partial charge is 0.327 e. The molecule has 0 bridgehead atoms. The summed E-state index contributed by atoms with van der Waals surface area (Å²) in [5.41, 5.74) is 0.342. The first-order chi connectivity index (χ1) is 13.1. The molecule has 4 amide bonds. The first kappa shape index (κ1) is 20.1. The Morgan fingerprint density at radius 2 is 2.07 bits per heavy atom. The van der Waals surface area contributed by atoms with Crippen molar-refractivity contribution in [1.29, 1.82) is 0 Å². The number of urea groups is 1. The molecular weight excluding hydrogens is 386 g/mol. The van der Waals surface area contributed by atoms with Crippen molar-refractivity contribution in [3.05, 3.63) is 28.8 Å². The quantitative estimate of drug-likeness (QED) is 0.555. The van der Waals surface area contributed by atoms with Gasteiger partial charge in [-0.2, -0.15) is 0 Å². The molecule has 1 aromatic rings. The van der Waals surface area contributed by atoms with Gasteiger partial charge in [0.1, 0.15) is 12.1 Å². The summed E-state index contributed by atoms with van der Waals surface area (Å²) in [6.45, 7) is 4.34. The summed E-state index contributed by atoms with van der Waals surface area (Å²) in [5, 5.41) is 5.76. The van der Waals surface area contributed by atoms with Gasteiger partial charge in [-0.15, -0.1) is 0 Å². The van der Waals surface area contributed by atoms with Gasteiger partial charge in [0.2, 0.25) is 0 Å². The predicted octanol–water partition coefficient (Wildman–Crippen LogP) is 2.24. The molecular formula is C19H22ClN3O5. The monoisotopic (exact) mass is 407 g/mol. The molecule has 2 N–H and O–H groups in total. The molecule has 2 atom stereocenters. The van der Waals surface area contributed by atoms with Crippen LogP contribution in [-0.4, -0.2) is 46.9 Å². The second kappa shape index (κ2) is 7.43. The molecule has 1 heterocycles. The summed E-state index contributed by atoms with van der Waals surface area (Å²) in [5.74, 6) is -1.73. The fourth-order valence-corrected chi connectivity index (χ4v) is 3.35. The summed E-state index contributed by atoms with van der Waals surface area (Å²) in [6, 6.07) is 4.42. The third-order valence-corrected chi connectivity index (χ3v) is 5.35. The minimum absolute atomic E-state index is 0.0932. The van der Waals surface area contributed by atoms with Crippen molar-refractivity contribution in [2.75, 3.05) is 11.9 Å². The van der Waals surface area contributed by atoms with Gasteiger partial charge in [-0.25, -0.2) is 4.79 Å². The van der Waals surface area contributed by atoms with Gasteiger partial charge >= 0.3 is 12.0 Å². The van der Waals surface area contributed by atoms with Crippen LogP contribution in [0.1, 0.15) is 32.3 Å². The van der Waals surface area contributed by atoms with E-state index in [4.69, 9.17) is 16.3 Å². The number of nitrogens with zero attached hydrogens (tertiary/aromatic N) is 1. The summed E-state index contributed by atoms with van der Waals surface area (Å²) in [4.78, 5) is 49.9. The van der Waals surface area contributed by atoms with Gasteiger partial charge in [0.15, 0.2) is 6.10 Å². The Labute approximate surface area is 167 Å². The van der Waals surface area contributed by atoms with Gasteiger partial charge < -0.3 is 15.4 Å². The molecule has 3 rings (SSSR count). The topological polar surface area (TPSA) is 105 Å². The van der Waals surface area contributed by atoms with Gasteiger partial charge in [0.05, 0.1) is 0 Å². The van der Waals surface area contributed by atoms with Crippen LogP contribution in [0.4, 0.5) is 10.5 Å². The van der Waals surface area contributed by atoms with Gasteiger partial charge in [-0.05, 0) is 57.2 Å². The van der Waals surface area contributed by atoms with Crippen molar-refractivity contribution in [3.63, 3.8) is 0 Å². The van der Waals surface area contributed by atoms with Crippen LogP contribution in [0.5, 0.6) is 0 Å². The first-order valence-electron chi connectivity index (χ1n) is 9.02. The van der Waals surface area contributed by atoms with Gasteiger partial charge in [0, 0.05) is 10.7 Å². The number of halogens is 1. The highest BCUT2D eigenvalue weighted by Crippen LogP contribution is 2.42. The third-order valence-electron chi connectivity index (χ3n) is 5.12. The molecule has 150 valence electrons. The molecule has 0 unspecified atom stereocenters. The Morgan fingerprint density at radius 1 is 1.39 bits per heavy atom. The van der Waals surface area contributed by atoms with Crippen LogP contribution in [-0.2, 0) is 19.1 Å². The zero-order chi connectivity index (χ0) is 20.6. The normalized spacial score (nSPS) is 22.6. The first-order valence-corrected chi connectivity index (χ1v) is 9.40. The minimum Gasteiger partial charge on any atom is -0.451 e. The lowest BCUT2D eigenvalue weighted by Gasteiger charge is -2.21. The van der Waals surface area contributed by atoms with Crippen LogP contribution in [0.25, 0.3) is 0 Å². The lowest BCUT2D eigenvalue weighted by atomic mass is 9.96. The van der Waals surface area contributed by atoms with E-state index in [0.29, 0.717) is 10.7 Å². The van der Waals surface area contributed by atoms with E-state index in [0.717, 1.165) is 23.3 Å².